The molecule has 13 rings (SSSR count). The van der Waals surface area contributed by atoms with Crippen molar-refractivity contribution in [2.24, 2.45) is 11.8 Å². The molecule has 16 heteroatoms. The van der Waals surface area contributed by atoms with Crippen LogP contribution in [0, 0.1) is 34.5 Å². The number of nitriles is 2. The second-order valence-corrected chi connectivity index (χ2v) is 22.1. The molecule has 2 saturated heterocycles. The number of carbonyl (C=O) groups is 4. The number of hydrogen-bond acceptors (Lipinski definition) is 10. The molecule has 2 aromatic heterocycles. The minimum Gasteiger partial charge on any atom is -0.453 e. The number of hydrogen-bond donors (Lipinski definition) is 4. The van der Waals surface area contributed by atoms with Crippen LogP contribution in [0.25, 0.3) is 44.3 Å². The minimum absolute atomic E-state index is 0.00891. The lowest BCUT2D eigenvalue weighted by atomic mass is 9.59. The van der Waals surface area contributed by atoms with Crippen LogP contribution in [0.15, 0.2) is 66.7 Å². The van der Waals surface area contributed by atoms with Gasteiger partial charge in [-0.2, -0.15) is 10.5 Å². The van der Waals surface area contributed by atoms with Gasteiger partial charge in [-0.1, -0.05) is 75.1 Å². The third-order valence-corrected chi connectivity index (χ3v) is 17.9. The van der Waals surface area contributed by atoms with E-state index in [4.69, 9.17) is 19.4 Å². The van der Waals surface area contributed by atoms with E-state index < -0.39 is 24.3 Å². The molecule has 0 radical (unpaired) electrons. The Kier molecular flexibility index (Phi) is 12.3. The second kappa shape index (κ2) is 19.2. The molecule has 16 nitrogen and oxygen atoms in total. The fraction of sp³-hybridized carbons (Fsp3) is 0.458. The van der Waals surface area contributed by atoms with Crippen molar-refractivity contribution < 1.29 is 28.7 Å². The van der Waals surface area contributed by atoms with Crippen molar-refractivity contribution in [2.45, 2.75) is 145 Å². The van der Waals surface area contributed by atoms with E-state index in [0.29, 0.717) is 11.8 Å². The Bertz CT molecular complexity index is 3390. The number of carbonyl (C=O) groups excluding carboxylic acids is 4. The average Bonchev–Trinajstić information content (AvgIpc) is 4.24. The van der Waals surface area contributed by atoms with Crippen molar-refractivity contribution in [3.8, 4) is 34.4 Å². The zero-order valence-corrected chi connectivity index (χ0v) is 42.7. The summed E-state index contributed by atoms with van der Waals surface area (Å²) in [5, 5.41) is 24.5. The van der Waals surface area contributed by atoms with E-state index in [0.717, 1.165) is 128 Å². The van der Waals surface area contributed by atoms with Gasteiger partial charge in [0, 0.05) is 17.5 Å². The van der Waals surface area contributed by atoms with Crippen molar-refractivity contribution in [3.63, 3.8) is 0 Å². The maximum Gasteiger partial charge on any atom is 0.407 e. The monoisotopic (exact) mass is 1010 g/mol. The number of rotatable bonds is 10. The number of H-pyrrole nitrogens is 2. The van der Waals surface area contributed by atoms with Crippen LogP contribution < -0.4 is 10.6 Å². The predicted octanol–water partition coefficient (Wildman–Crippen LogP) is 9.67. The number of likely N-dealkylation sites (tertiary alicyclic amines) is 2. The molecular weight excluding hydrogens is 945 g/mol. The normalized spacial score (nSPS) is 25.0. The Hall–Kier alpha value is -7.72. The van der Waals surface area contributed by atoms with Gasteiger partial charge in [-0.05, 0) is 144 Å². The lowest BCUT2D eigenvalue weighted by Gasteiger charge is -2.44. The molecule has 384 valence electrons. The first-order valence-corrected chi connectivity index (χ1v) is 26.8. The fourth-order valence-corrected chi connectivity index (χ4v) is 14.3. The van der Waals surface area contributed by atoms with E-state index in [1.807, 2.05) is 9.80 Å². The number of alkyl carbamates (subject to hydrolysis) is 2. The largest absolute Gasteiger partial charge is 0.453 e. The van der Waals surface area contributed by atoms with Crippen LogP contribution in [-0.4, -0.2) is 92.1 Å². The van der Waals surface area contributed by atoms with Crippen molar-refractivity contribution in [2.75, 3.05) is 14.2 Å². The molecule has 4 fully saturated rings. The van der Waals surface area contributed by atoms with Gasteiger partial charge in [-0.3, -0.25) is 9.59 Å². The molecule has 2 saturated carbocycles. The summed E-state index contributed by atoms with van der Waals surface area (Å²) in [7, 11) is 2.50. The topological polar surface area (TPSA) is 222 Å². The first-order chi connectivity index (χ1) is 36.5. The van der Waals surface area contributed by atoms with Gasteiger partial charge in [-0.25, -0.2) is 19.6 Å². The number of nitrogens with one attached hydrogen (secondary N) is 4. The fourth-order valence-electron chi connectivity index (χ4n) is 14.3. The Morgan fingerprint density at radius 2 is 1.20 bits per heavy atom. The minimum atomic E-state index is -1.02. The van der Waals surface area contributed by atoms with Crippen LogP contribution in [0.5, 0.6) is 0 Å². The summed E-state index contributed by atoms with van der Waals surface area (Å²) in [6.07, 6.45) is 10.4. The molecule has 6 aromatic rings. The lowest BCUT2D eigenvalue weighted by molar-refractivity contribution is -0.138. The standard InChI is InChI=1S/C59H62N10O6/c1-59-31-38-25-39(34-15-18-43-47(27-34)64-53(62-43)51-29-36-8-4-6-10-49(36)68(51)55(70)45(20-22-60)66-57(72)74-2)33(26-42(38)59)14-12-32-13-17-41(59)40(24-32)35-16-19-44-48(28-35)65-54(63-44)52-30-37-9-5-7-11-50(37)69(52)56(71)46(21-23-61)67-58(73)75-3/h13,15-19,24-28,36-37,45-46,49-52H,4-12,14,20-21,29-31H2,1-3H3,(H,62,64)(H,63,65)(H,66,72)(H,67,73)/t36-,37-,45?,46-,49?,50-,51-,52-,59?/m0/s1. The number of imidazole rings is 2. The van der Waals surface area contributed by atoms with Crippen LogP contribution in [0.1, 0.15) is 136 Å². The van der Waals surface area contributed by atoms with Crippen LogP contribution in [-0.2, 0) is 43.7 Å². The number of amides is 4. The highest BCUT2D eigenvalue weighted by molar-refractivity contribution is 5.89. The van der Waals surface area contributed by atoms with E-state index in [-0.39, 0.29) is 54.2 Å². The van der Waals surface area contributed by atoms with E-state index >= 15 is 0 Å². The average molecular weight is 1010 g/mol. The van der Waals surface area contributed by atoms with Gasteiger partial charge in [0.15, 0.2) is 0 Å². The lowest BCUT2D eigenvalue weighted by Crippen LogP contribution is -2.51. The third-order valence-electron chi connectivity index (χ3n) is 17.9. The highest BCUT2D eigenvalue weighted by atomic mass is 16.5. The number of aromatic amines is 2. The van der Waals surface area contributed by atoms with Gasteiger partial charge in [0.05, 0.1) is 73.4 Å². The smallest absolute Gasteiger partial charge is 0.407 e. The number of benzene rings is 4. The Morgan fingerprint density at radius 1 is 0.667 bits per heavy atom. The first-order valence-electron chi connectivity index (χ1n) is 26.8. The summed E-state index contributed by atoms with van der Waals surface area (Å²) in [6, 6.07) is 26.2. The molecule has 0 spiro atoms. The highest BCUT2D eigenvalue weighted by Gasteiger charge is 2.50. The number of ether oxygens (including phenoxy) is 2. The van der Waals surface area contributed by atoms with E-state index in [1.165, 1.54) is 53.2 Å². The van der Waals surface area contributed by atoms with Crippen molar-refractivity contribution in [1.82, 2.24) is 40.4 Å². The van der Waals surface area contributed by atoms with E-state index in [9.17, 15) is 29.7 Å². The second-order valence-electron chi connectivity index (χ2n) is 22.1. The van der Waals surface area contributed by atoms with Gasteiger partial charge in [0.2, 0.25) is 11.8 Å². The molecule has 5 aliphatic carbocycles. The van der Waals surface area contributed by atoms with Gasteiger partial charge >= 0.3 is 12.2 Å². The maximum atomic E-state index is 14.3. The first kappa shape index (κ1) is 48.2. The molecule has 4 N–H and O–H groups in total. The quantitative estimate of drug-likeness (QED) is 0.102. The predicted molar refractivity (Wildman–Crippen MR) is 280 cm³/mol. The Balaban J connectivity index is 0.832. The van der Waals surface area contributed by atoms with Crippen molar-refractivity contribution in [3.05, 3.63) is 106 Å². The molecule has 4 amide bonds. The molecule has 2 aliphatic heterocycles. The summed E-state index contributed by atoms with van der Waals surface area (Å²) >= 11 is 0. The molecule has 4 heterocycles. The van der Waals surface area contributed by atoms with Crippen LogP contribution in [0.3, 0.4) is 0 Å². The molecule has 7 aliphatic rings. The zero-order valence-electron chi connectivity index (χ0n) is 42.7. The number of aromatic nitrogens is 4. The number of aryl methyl sites for hydroxylation is 2. The summed E-state index contributed by atoms with van der Waals surface area (Å²) in [4.78, 5) is 74.6. The number of fused-ring (bicyclic) bond motifs is 7. The zero-order chi connectivity index (χ0) is 51.7. The molecule has 4 aromatic carbocycles. The summed E-state index contributed by atoms with van der Waals surface area (Å²) in [6.45, 7) is 2.37. The van der Waals surface area contributed by atoms with Crippen molar-refractivity contribution >= 4 is 46.1 Å². The maximum absolute atomic E-state index is 14.3. The van der Waals surface area contributed by atoms with Gasteiger partial charge in [0.25, 0.3) is 0 Å². The summed E-state index contributed by atoms with van der Waals surface area (Å²) in [5.74, 6) is 1.52. The SMILES string of the molecule is COC(=O)NC(CC#N)C(=O)N1C2CCCC[C@H]2C[C@H]1c1nc2ccc(-c3cc4c5cc3CCc3ccc(c(-c6ccc7nc([C@@H]8C[C@@H]9CCCC[C@@H]9N8C(=O)[C@H](CC#N)NC(=O)OC)[nH]c7c6)c3)C5(C)C4)cc2[nH]1. The molecular formula is C59H62N10O6. The number of nitrogens with zero attached hydrogens (tertiary/aromatic N) is 6. The summed E-state index contributed by atoms with van der Waals surface area (Å²) < 4.78 is 9.65. The molecule has 75 heavy (non-hydrogen) atoms. The van der Waals surface area contributed by atoms with E-state index in [1.54, 1.807) is 0 Å². The van der Waals surface area contributed by atoms with Gasteiger partial charge in [0.1, 0.15) is 23.7 Å². The van der Waals surface area contributed by atoms with Crippen LogP contribution in [0.4, 0.5) is 9.59 Å². The Labute approximate surface area is 435 Å². The van der Waals surface area contributed by atoms with E-state index in [2.05, 4.69) is 106 Å². The summed E-state index contributed by atoms with van der Waals surface area (Å²) in [5.41, 5.74) is 14.3. The highest BCUT2D eigenvalue weighted by Crippen LogP contribution is 2.53. The molecule has 9 atom stereocenters. The molecule has 4 bridgehead atoms. The van der Waals surface area contributed by atoms with Crippen molar-refractivity contribution in [1.29, 1.82) is 10.5 Å². The van der Waals surface area contributed by atoms with Gasteiger partial charge in [-0.15, -0.1) is 0 Å². The van der Waals surface area contributed by atoms with Gasteiger partial charge < -0.3 is 39.9 Å². The molecule has 3 unspecified atom stereocenters. The number of methoxy groups -OCH3 is 2. The third kappa shape index (κ3) is 8.33. The van der Waals surface area contributed by atoms with Crippen LogP contribution in [0.2, 0.25) is 0 Å². The van der Waals surface area contributed by atoms with Crippen LogP contribution >= 0.6 is 0 Å². The Morgan fingerprint density at radius 3 is 1.73 bits per heavy atom.